The second-order valence-corrected chi connectivity index (χ2v) is 10.4. The van der Waals surface area contributed by atoms with Gasteiger partial charge in [0.15, 0.2) is 13.9 Å². The number of benzene rings is 2. The molecule has 3 aromatic rings. The summed E-state index contributed by atoms with van der Waals surface area (Å²) in [7, 11) is 1.65. The van der Waals surface area contributed by atoms with Gasteiger partial charge in [-0.3, -0.25) is 9.59 Å². The van der Waals surface area contributed by atoms with E-state index < -0.39 is 6.09 Å². The maximum atomic E-state index is 13.3. The van der Waals surface area contributed by atoms with Crippen molar-refractivity contribution >= 4 is 39.6 Å². The first-order valence-electron chi connectivity index (χ1n) is 15.4. The molecule has 0 saturated heterocycles. The summed E-state index contributed by atoms with van der Waals surface area (Å²) in [4.78, 5) is 37.4. The molecule has 1 aromatic heterocycles. The van der Waals surface area contributed by atoms with Crippen LogP contribution in [-0.4, -0.2) is 80.3 Å². The lowest BCUT2D eigenvalue weighted by molar-refractivity contribution is -0.121. The lowest BCUT2D eigenvalue weighted by Crippen LogP contribution is -2.27. The van der Waals surface area contributed by atoms with E-state index in [1.165, 1.54) is 0 Å². The van der Waals surface area contributed by atoms with Crippen molar-refractivity contribution in [1.29, 1.82) is 0 Å². The van der Waals surface area contributed by atoms with Gasteiger partial charge in [0.2, 0.25) is 5.91 Å². The summed E-state index contributed by atoms with van der Waals surface area (Å²) in [6.07, 6.45) is 2.94. The predicted molar refractivity (Wildman–Crippen MR) is 164 cm³/mol. The largest absolute Gasteiger partial charge is 0.428 e. The number of aromatic nitrogens is 1. The number of carbonyl (C=O) groups is 3. The number of aliphatic hydroxyl groups excluding tert-OH is 1. The standard InChI is InChI=1S/C32H45N3O8/c1-23(14-16-36)42-19-5-10-29(37)26-8-4-9-27-31(26)25-13-12-24(21-28(25)35(27)22-43-32(33)39)7-3-11-30(38)34-15-20-41-18-6-17-40-2/h4,8-9,12-13,21,23,36H,3,5-7,10-11,14-20,22H2,1-2H3,(H2,33,39)(H,34,38)/i/hD. The third-order valence-corrected chi connectivity index (χ3v) is 7.14. The van der Waals surface area contributed by atoms with Gasteiger partial charge in [0.05, 0.1) is 23.7 Å². The normalized spacial score (nSPS) is 12.3. The lowest BCUT2D eigenvalue weighted by Gasteiger charge is -2.11. The molecule has 0 saturated carbocycles. The van der Waals surface area contributed by atoms with Crippen LogP contribution in [0.5, 0.6) is 0 Å². The van der Waals surface area contributed by atoms with E-state index in [0.717, 1.165) is 33.8 Å². The average molecular weight is 601 g/mol. The van der Waals surface area contributed by atoms with Crippen LogP contribution in [0.25, 0.3) is 21.8 Å². The van der Waals surface area contributed by atoms with E-state index >= 15 is 0 Å². The Bertz CT molecular complexity index is 1360. The van der Waals surface area contributed by atoms with Gasteiger partial charge in [0.1, 0.15) is 0 Å². The van der Waals surface area contributed by atoms with Crippen molar-refractivity contribution in [3.05, 3.63) is 47.5 Å². The van der Waals surface area contributed by atoms with Gasteiger partial charge in [-0.05, 0) is 56.7 Å². The molecular formula is C32H45N3O8. The number of ether oxygens (including phenoxy) is 4. The maximum Gasteiger partial charge on any atom is 0.406 e. The molecule has 0 fully saturated rings. The van der Waals surface area contributed by atoms with Crippen LogP contribution in [0.2, 0.25) is 1.41 Å². The van der Waals surface area contributed by atoms with Crippen LogP contribution in [0.3, 0.4) is 0 Å². The van der Waals surface area contributed by atoms with Crippen molar-refractivity contribution in [2.24, 2.45) is 5.73 Å². The van der Waals surface area contributed by atoms with E-state index in [2.05, 4.69) is 5.32 Å². The third kappa shape index (κ3) is 10.6. The number of nitrogens with zero attached hydrogens (tertiary/aromatic N) is 1. The van der Waals surface area contributed by atoms with Gasteiger partial charge in [-0.15, -0.1) is 0 Å². The maximum absolute atomic E-state index is 13.3. The van der Waals surface area contributed by atoms with Gasteiger partial charge in [0.25, 0.3) is 0 Å². The van der Waals surface area contributed by atoms with Gasteiger partial charge in [-0.2, -0.15) is 0 Å². The molecule has 0 spiro atoms. The SMILES string of the molecule is [2H]NC(=O)OCn1c2cc(CCCC(=O)NCCOCCCOC)ccc2c2c(C(=O)CCCOC(C)CCO)cccc21. The summed E-state index contributed by atoms with van der Waals surface area (Å²) < 4.78 is 30.2. The number of Topliss-reactive ketones (excluding diaryl/α,β-unsaturated/α-hetero) is 1. The summed E-state index contributed by atoms with van der Waals surface area (Å²) in [5, 5.41) is 13.5. The Morgan fingerprint density at radius 3 is 2.70 bits per heavy atom. The molecule has 11 heteroatoms. The number of nitrogens with two attached hydrogens (primary N) is 1. The highest BCUT2D eigenvalue weighted by Gasteiger charge is 2.19. The van der Waals surface area contributed by atoms with Crippen LogP contribution >= 0.6 is 0 Å². The fourth-order valence-corrected chi connectivity index (χ4v) is 4.97. The highest BCUT2D eigenvalue weighted by molar-refractivity contribution is 6.18. The van der Waals surface area contributed by atoms with Crippen LogP contribution in [0.15, 0.2) is 36.4 Å². The molecular weight excluding hydrogens is 554 g/mol. The summed E-state index contributed by atoms with van der Waals surface area (Å²) in [5.74, 6) is -0.0553. The number of methoxy groups -OCH3 is 1. The number of rotatable bonds is 21. The Morgan fingerprint density at radius 2 is 1.91 bits per heavy atom. The van der Waals surface area contributed by atoms with E-state index in [9.17, 15) is 14.4 Å². The molecule has 0 aliphatic rings. The summed E-state index contributed by atoms with van der Waals surface area (Å²) in [6, 6.07) is 11.4. The molecule has 0 radical (unpaired) electrons. The minimum Gasteiger partial charge on any atom is -0.428 e. The number of amides is 2. The predicted octanol–water partition coefficient (Wildman–Crippen LogP) is 4.09. The minimum atomic E-state index is -0.884. The lowest BCUT2D eigenvalue weighted by atomic mass is 9.99. The van der Waals surface area contributed by atoms with Crippen molar-refractivity contribution in [3.8, 4) is 0 Å². The molecule has 1 atom stereocenters. The number of fused-ring (bicyclic) bond motifs is 3. The molecule has 4 N–H and O–H groups in total. The fourth-order valence-electron chi connectivity index (χ4n) is 4.97. The van der Waals surface area contributed by atoms with Crippen LogP contribution in [-0.2, 0) is 36.9 Å². The fraction of sp³-hybridized carbons (Fsp3) is 0.531. The van der Waals surface area contributed by atoms with Gasteiger partial charge in [-0.25, -0.2) is 4.79 Å². The molecule has 2 aromatic carbocycles. The third-order valence-electron chi connectivity index (χ3n) is 7.14. The second-order valence-electron chi connectivity index (χ2n) is 10.4. The topological polar surface area (TPSA) is 151 Å². The molecule has 3 rings (SSSR count). The average Bonchev–Trinajstić information content (AvgIpc) is 3.34. The number of aryl methyl sites for hydroxylation is 1. The van der Waals surface area contributed by atoms with E-state index in [4.69, 9.17) is 25.5 Å². The van der Waals surface area contributed by atoms with Crippen molar-refractivity contribution in [2.75, 3.05) is 46.7 Å². The quantitative estimate of drug-likeness (QED) is 0.122. The molecule has 0 bridgehead atoms. The first-order chi connectivity index (χ1) is 21.4. The molecule has 43 heavy (non-hydrogen) atoms. The Kier molecular flexibility index (Phi) is 13.7. The Balaban J connectivity index is 1.71. The zero-order valence-electron chi connectivity index (χ0n) is 26.2. The number of aliphatic hydroxyl groups is 1. The minimum absolute atomic E-state index is 0.0201. The van der Waals surface area contributed by atoms with Crippen molar-refractivity contribution in [3.63, 3.8) is 0 Å². The van der Waals surface area contributed by atoms with Gasteiger partial charge in [0, 0.05) is 69.3 Å². The van der Waals surface area contributed by atoms with E-state index in [-0.39, 0.29) is 31.1 Å². The number of ketones is 1. The summed E-state index contributed by atoms with van der Waals surface area (Å²) >= 11 is 0. The zero-order valence-corrected chi connectivity index (χ0v) is 25.2. The Labute approximate surface area is 254 Å². The molecule has 236 valence electrons. The van der Waals surface area contributed by atoms with Crippen molar-refractivity contribution in [2.45, 2.75) is 64.7 Å². The number of hydrogen-bond donors (Lipinski definition) is 3. The number of nitrogens with one attached hydrogen (secondary N) is 1. The first kappa shape index (κ1) is 32.4. The molecule has 11 nitrogen and oxygen atoms in total. The van der Waals surface area contributed by atoms with Gasteiger partial charge >= 0.3 is 6.09 Å². The van der Waals surface area contributed by atoms with E-state index in [0.29, 0.717) is 77.1 Å². The number of hydrogen-bond acceptors (Lipinski definition) is 8. The van der Waals surface area contributed by atoms with E-state index in [1.807, 2.05) is 35.8 Å². The monoisotopic (exact) mass is 600 g/mol. The van der Waals surface area contributed by atoms with Crippen LogP contribution in [0.1, 0.15) is 61.4 Å². The highest BCUT2D eigenvalue weighted by Crippen LogP contribution is 2.33. The van der Waals surface area contributed by atoms with Crippen LogP contribution in [0.4, 0.5) is 4.79 Å². The number of carbonyl (C=O) groups excluding carboxylic acids is 3. The molecule has 0 aliphatic heterocycles. The smallest absolute Gasteiger partial charge is 0.406 e. The zero-order chi connectivity index (χ0) is 31.7. The van der Waals surface area contributed by atoms with Crippen LogP contribution in [0, 0.1) is 0 Å². The number of primary amides is 1. The molecule has 1 heterocycles. The molecule has 1 unspecified atom stereocenters. The summed E-state index contributed by atoms with van der Waals surface area (Å²) in [6.45, 7) is 4.39. The van der Waals surface area contributed by atoms with Crippen molar-refractivity contribution < 1.29 is 39.8 Å². The van der Waals surface area contributed by atoms with Crippen molar-refractivity contribution in [1.82, 2.24) is 9.88 Å². The van der Waals surface area contributed by atoms with E-state index in [1.54, 1.807) is 25.0 Å². The first-order valence-corrected chi connectivity index (χ1v) is 14.9. The Morgan fingerprint density at radius 1 is 1.05 bits per heavy atom. The molecule has 0 aliphatic carbocycles. The Hall–Kier alpha value is -3.51. The highest BCUT2D eigenvalue weighted by atomic mass is 16.6. The molecule has 2 amide bonds. The van der Waals surface area contributed by atoms with Crippen LogP contribution < -0.4 is 11.0 Å². The van der Waals surface area contributed by atoms with Gasteiger partial charge in [-0.1, -0.05) is 24.3 Å². The van der Waals surface area contributed by atoms with Gasteiger partial charge < -0.3 is 39.7 Å². The summed E-state index contributed by atoms with van der Waals surface area (Å²) in [5.41, 5.74) is 4.82. The second kappa shape index (κ2) is 18.2.